The molecule has 2 aliphatic carbocycles. The monoisotopic (exact) mass is 360 g/mol. The van der Waals surface area contributed by atoms with Gasteiger partial charge in [-0.1, -0.05) is 45.1 Å². The van der Waals surface area contributed by atoms with Crippen molar-refractivity contribution >= 4 is 11.8 Å². The van der Waals surface area contributed by atoms with Gasteiger partial charge in [-0.2, -0.15) is 0 Å². The lowest BCUT2D eigenvalue weighted by molar-refractivity contribution is -0.145. The first-order valence-electron chi connectivity index (χ1n) is 9.10. The van der Waals surface area contributed by atoms with Crippen LogP contribution in [0.25, 0.3) is 0 Å². The molecule has 5 atom stereocenters. The summed E-state index contributed by atoms with van der Waals surface area (Å²) in [5.74, 6) is -0.694. The number of aliphatic hydroxyl groups is 2. The van der Waals surface area contributed by atoms with E-state index in [1.165, 1.54) is 12.2 Å². The normalized spacial score (nSPS) is 32.6. The van der Waals surface area contributed by atoms with E-state index in [0.717, 1.165) is 12.0 Å². The highest BCUT2D eigenvalue weighted by Gasteiger charge is 2.46. The van der Waals surface area contributed by atoms with E-state index in [1.807, 2.05) is 32.9 Å². The standard InChI is InChI=1S/C21H28O5/c1-4-15(13-22)7-5-6-8-20(25)26-19-10-9-16-11-17(23)18(24)12-21(16,3)14(19)2/h5-11,14-15,18-19,22,24H,4,12-13H2,1-3H3/b7-5+,8-6+/t14-,15-,18+,19-,21+/m0/s1. The first kappa shape index (κ1) is 20.3. The summed E-state index contributed by atoms with van der Waals surface area (Å²) in [4.78, 5) is 23.8. The van der Waals surface area contributed by atoms with Gasteiger partial charge in [0.2, 0.25) is 0 Å². The van der Waals surface area contributed by atoms with Crippen molar-refractivity contribution in [3.8, 4) is 0 Å². The van der Waals surface area contributed by atoms with E-state index < -0.39 is 23.6 Å². The van der Waals surface area contributed by atoms with Gasteiger partial charge >= 0.3 is 5.97 Å². The average Bonchev–Trinajstić information content (AvgIpc) is 2.61. The predicted octanol–water partition coefficient (Wildman–Crippen LogP) is 2.50. The molecule has 0 heterocycles. The Kier molecular flexibility index (Phi) is 6.73. The van der Waals surface area contributed by atoms with Gasteiger partial charge < -0.3 is 14.9 Å². The van der Waals surface area contributed by atoms with Crippen molar-refractivity contribution in [1.82, 2.24) is 0 Å². The number of fused-ring (bicyclic) bond motifs is 1. The molecule has 26 heavy (non-hydrogen) atoms. The van der Waals surface area contributed by atoms with Crippen LogP contribution in [0.5, 0.6) is 0 Å². The fourth-order valence-corrected chi connectivity index (χ4v) is 3.45. The van der Waals surface area contributed by atoms with Gasteiger partial charge in [-0.3, -0.25) is 4.79 Å². The van der Waals surface area contributed by atoms with Gasteiger partial charge in [0.15, 0.2) is 5.78 Å². The van der Waals surface area contributed by atoms with Crippen LogP contribution in [0, 0.1) is 17.3 Å². The number of carbonyl (C=O) groups excluding carboxylic acids is 2. The van der Waals surface area contributed by atoms with E-state index in [0.29, 0.717) is 6.42 Å². The second-order valence-electron chi connectivity index (χ2n) is 7.28. The minimum absolute atomic E-state index is 0.0618. The van der Waals surface area contributed by atoms with Crippen molar-refractivity contribution in [2.45, 2.75) is 45.8 Å². The molecule has 0 amide bonds. The van der Waals surface area contributed by atoms with Crippen molar-refractivity contribution in [2.75, 3.05) is 6.61 Å². The van der Waals surface area contributed by atoms with Crippen LogP contribution in [0.2, 0.25) is 0 Å². The molecule has 2 rings (SSSR count). The van der Waals surface area contributed by atoms with Gasteiger partial charge in [0.1, 0.15) is 12.2 Å². The molecule has 0 saturated carbocycles. The lowest BCUT2D eigenvalue weighted by Crippen LogP contribution is -2.45. The molecule has 0 fully saturated rings. The zero-order chi connectivity index (χ0) is 19.3. The molecule has 0 aromatic carbocycles. The SMILES string of the molecule is CC[C@@H](/C=C/C=C/C(=O)O[C@H]1C=CC2=CC(=O)[C@H](O)C[C@]2(C)[C@H]1C)CO. The Labute approximate surface area is 154 Å². The van der Waals surface area contributed by atoms with Gasteiger partial charge in [0, 0.05) is 24.0 Å². The first-order chi connectivity index (χ1) is 12.3. The smallest absolute Gasteiger partial charge is 0.331 e. The predicted molar refractivity (Wildman–Crippen MR) is 99.2 cm³/mol. The third-order valence-corrected chi connectivity index (χ3v) is 5.60. The Morgan fingerprint density at radius 1 is 1.46 bits per heavy atom. The third-order valence-electron chi connectivity index (χ3n) is 5.60. The van der Waals surface area contributed by atoms with E-state index >= 15 is 0 Å². The molecule has 0 bridgehead atoms. The molecule has 0 saturated heterocycles. The van der Waals surface area contributed by atoms with Crippen LogP contribution in [0.4, 0.5) is 0 Å². The van der Waals surface area contributed by atoms with Crippen molar-refractivity contribution < 1.29 is 24.5 Å². The van der Waals surface area contributed by atoms with Crippen molar-refractivity contribution in [2.24, 2.45) is 17.3 Å². The number of hydrogen-bond acceptors (Lipinski definition) is 5. The molecule has 5 nitrogen and oxygen atoms in total. The van der Waals surface area contributed by atoms with E-state index in [-0.39, 0.29) is 24.2 Å². The highest BCUT2D eigenvalue weighted by molar-refractivity contribution is 5.96. The van der Waals surface area contributed by atoms with E-state index in [1.54, 1.807) is 18.2 Å². The van der Waals surface area contributed by atoms with E-state index in [4.69, 9.17) is 9.84 Å². The summed E-state index contributed by atoms with van der Waals surface area (Å²) in [6, 6.07) is 0. The maximum atomic E-state index is 12.1. The lowest BCUT2D eigenvalue weighted by atomic mass is 9.61. The van der Waals surface area contributed by atoms with E-state index in [9.17, 15) is 14.7 Å². The number of aliphatic hydroxyl groups excluding tert-OH is 2. The Bertz CT molecular complexity index is 653. The molecular weight excluding hydrogens is 332 g/mol. The van der Waals surface area contributed by atoms with Crippen LogP contribution in [0.1, 0.15) is 33.6 Å². The van der Waals surface area contributed by atoms with Gasteiger partial charge in [0.25, 0.3) is 0 Å². The maximum Gasteiger partial charge on any atom is 0.331 e. The molecule has 0 radical (unpaired) electrons. The number of esters is 1. The van der Waals surface area contributed by atoms with Gasteiger partial charge in [-0.15, -0.1) is 0 Å². The Morgan fingerprint density at radius 2 is 2.19 bits per heavy atom. The molecular formula is C21H28O5. The molecule has 0 aromatic rings. The summed E-state index contributed by atoms with van der Waals surface area (Å²) in [5, 5.41) is 19.0. The molecule has 0 spiro atoms. The molecule has 142 valence electrons. The number of rotatable bonds is 6. The molecule has 0 aliphatic heterocycles. The fraction of sp³-hybridized carbons (Fsp3) is 0.524. The van der Waals surface area contributed by atoms with Crippen LogP contribution in [-0.4, -0.2) is 40.8 Å². The zero-order valence-corrected chi connectivity index (χ0v) is 15.6. The van der Waals surface area contributed by atoms with Gasteiger partial charge in [-0.05, 0) is 36.5 Å². The van der Waals surface area contributed by atoms with Crippen molar-refractivity contribution in [3.63, 3.8) is 0 Å². The summed E-state index contributed by atoms with van der Waals surface area (Å²) < 4.78 is 5.55. The van der Waals surface area contributed by atoms with Crippen LogP contribution in [-0.2, 0) is 14.3 Å². The molecule has 5 heteroatoms. The second kappa shape index (κ2) is 8.60. The number of carbonyl (C=O) groups is 2. The summed E-state index contributed by atoms with van der Waals surface area (Å²) in [6.45, 7) is 6.02. The highest BCUT2D eigenvalue weighted by atomic mass is 16.5. The highest BCUT2D eigenvalue weighted by Crippen LogP contribution is 2.48. The number of ether oxygens (including phenoxy) is 1. The minimum Gasteiger partial charge on any atom is -0.455 e. The van der Waals surface area contributed by atoms with Crippen LogP contribution < -0.4 is 0 Å². The number of hydrogen-bond donors (Lipinski definition) is 2. The quantitative estimate of drug-likeness (QED) is 0.432. The Hall–Kier alpha value is -1.98. The molecule has 2 N–H and O–H groups in total. The van der Waals surface area contributed by atoms with Gasteiger partial charge in [-0.25, -0.2) is 4.79 Å². The summed E-state index contributed by atoms with van der Waals surface area (Å²) in [6.07, 6.45) is 11.4. The Balaban J connectivity index is 2.02. The van der Waals surface area contributed by atoms with Crippen LogP contribution in [0.15, 0.2) is 48.1 Å². The van der Waals surface area contributed by atoms with Crippen LogP contribution in [0.3, 0.4) is 0 Å². The Morgan fingerprint density at radius 3 is 2.85 bits per heavy atom. The summed E-state index contributed by atoms with van der Waals surface area (Å²) in [5.41, 5.74) is 0.465. The summed E-state index contributed by atoms with van der Waals surface area (Å²) in [7, 11) is 0. The van der Waals surface area contributed by atoms with Crippen LogP contribution >= 0.6 is 0 Å². The largest absolute Gasteiger partial charge is 0.455 e. The first-order valence-corrected chi connectivity index (χ1v) is 9.10. The zero-order valence-electron chi connectivity index (χ0n) is 15.6. The average molecular weight is 360 g/mol. The lowest BCUT2D eigenvalue weighted by Gasteiger charge is -2.45. The second-order valence-corrected chi connectivity index (χ2v) is 7.28. The van der Waals surface area contributed by atoms with Gasteiger partial charge in [0.05, 0.1) is 0 Å². The van der Waals surface area contributed by atoms with Crippen molar-refractivity contribution in [1.29, 1.82) is 0 Å². The third kappa shape index (κ3) is 4.40. The molecule has 0 unspecified atom stereocenters. The van der Waals surface area contributed by atoms with Crippen molar-refractivity contribution in [3.05, 3.63) is 48.1 Å². The molecule has 2 aliphatic rings. The number of ketones is 1. The molecule has 0 aromatic heterocycles. The topological polar surface area (TPSA) is 83.8 Å². The maximum absolute atomic E-state index is 12.1. The summed E-state index contributed by atoms with van der Waals surface area (Å²) >= 11 is 0. The fourth-order valence-electron chi connectivity index (χ4n) is 3.45. The van der Waals surface area contributed by atoms with E-state index in [2.05, 4.69) is 0 Å². The minimum atomic E-state index is -1.00. The number of allylic oxidation sites excluding steroid dienone is 4.